The molecule has 0 spiro atoms. The molecule has 0 saturated heterocycles. The van der Waals surface area contributed by atoms with E-state index < -0.39 is 11.7 Å². The Morgan fingerprint density at radius 1 is 1.16 bits per heavy atom. The van der Waals surface area contributed by atoms with Gasteiger partial charge in [0.05, 0.1) is 23.7 Å². The lowest BCUT2D eigenvalue weighted by Gasteiger charge is -2.36. The van der Waals surface area contributed by atoms with Gasteiger partial charge in [-0.2, -0.15) is 0 Å². The van der Waals surface area contributed by atoms with E-state index in [1.54, 1.807) is 19.4 Å². The minimum atomic E-state index is -0.667. The van der Waals surface area contributed by atoms with Gasteiger partial charge in [-0.15, -0.1) is 0 Å². The molecule has 3 N–H and O–H groups in total. The van der Waals surface area contributed by atoms with Gasteiger partial charge in [0.15, 0.2) is 0 Å². The van der Waals surface area contributed by atoms with E-state index in [0.29, 0.717) is 16.7 Å². The Morgan fingerprint density at radius 2 is 1.84 bits per heavy atom. The highest BCUT2D eigenvalue weighted by atomic mass is 16.3. The van der Waals surface area contributed by atoms with Gasteiger partial charge >= 0.3 is 0 Å². The Kier molecular flexibility index (Phi) is 5.86. The Bertz CT molecular complexity index is 1060. The fourth-order valence-electron chi connectivity index (χ4n) is 4.50. The minimum Gasteiger partial charge on any atom is -0.464 e. The summed E-state index contributed by atoms with van der Waals surface area (Å²) in [5.41, 5.74) is 2.86. The maximum absolute atomic E-state index is 12.7. The van der Waals surface area contributed by atoms with E-state index in [2.05, 4.69) is 10.3 Å². The van der Waals surface area contributed by atoms with Gasteiger partial charge in [0.2, 0.25) is 0 Å². The van der Waals surface area contributed by atoms with Crippen LogP contribution in [0.2, 0.25) is 0 Å². The molecule has 0 radical (unpaired) electrons. The number of carbonyl (C=O) groups excluding carboxylic acids is 1. The Hall–Kier alpha value is -2.70. The summed E-state index contributed by atoms with van der Waals surface area (Å²) in [7, 11) is 0. The molecule has 1 aromatic carbocycles. The van der Waals surface area contributed by atoms with Gasteiger partial charge in [0.1, 0.15) is 5.58 Å². The summed E-state index contributed by atoms with van der Waals surface area (Å²) < 4.78 is 5.57. The van der Waals surface area contributed by atoms with E-state index in [4.69, 9.17) is 4.42 Å². The van der Waals surface area contributed by atoms with E-state index in [1.165, 1.54) is 0 Å². The lowest BCUT2D eigenvalue weighted by atomic mass is 9.77. The molecule has 0 aliphatic heterocycles. The number of aliphatic hydroxyl groups is 2. The van der Waals surface area contributed by atoms with Crippen LogP contribution in [-0.4, -0.2) is 32.7 Å². The van der Waals surface area contributed by atoms with Crippen molar-refractivity contribution < 1.29 is 19.4 Å². The SMILES string of the molecule is CC(O)c1cnc(-c2ccc(C(=O)NC3CCC(C(C)(C)O)CC3)cc2)c2ccoc12. The molecule has 2 heterocycles. The van der Waals surface area contributed by atoms with E-state index in [1.807, 2.05) is 44.2 Å². The van der Waals surface area contributed by atoms with Crippen LogP contribution in [0.4, 0.5) is 0 Å². The van der Waals surface area contributed by atoms with Crippen molar-refractivity contribution in [2.24, 2.45) is 5.92 Å². The van der Waals surface area contributed by atoms with Crippen molar-refractivity contribution in [3.8, 4) is 11.3 Å². The molecule has 164 valence electrons. The molecular weight excluding hydrogens is 392 g/mol. The zero-order valence-corrected chi connectivity index (χ0v) is 18.3. The molecule has 2 aromatic heterocycles. The molecular formula is C25H30N2O4. The number of aliphatic hydroxyl groups excluding tert-OH is 1. The number of benzene rings is 1. The quantitative estimate of drug-likeness (QED) is 0.558. The van der Waals surface area contributed by atoms with Crippen LogP contribution in [0.1, 0.15) is 68.5 Å². The van der Waals surface area contributed by atoms with Gasteiger partial charge in [0.25, 0.3) is 5.91 Å². The Balaban J connectivity index is 1.46. The molecule has 1 aliphatic rings. The molecule has 1 amide bonds. The number of aromatic nitrogens is 1. The van der Waals surface area contributed by atoms with Gasteiger partial charge in [-0.25, -0.2) is 0 Å². The van der Waals surface area contributed by atoms with Gasteiger partial charge in [0, 0.05) is 34.3 Å². The van der Waals surface area contributed by atoms with Crippen LogP contribution in [0.25, 0.3) is 22.2 Å². The monoisotopic (exact) mass is 422 g/mol. The summed E-state index contributed by atoms with van der Waals surface area (Å²) in [4.78, 5) is 17.2. The van der Waals surface area contributed by atoms with Crippen molar-refractivity contribution in [1.82, 2.24) is 10.3 Å². The molecule has 3 aromatic rings. The number of hydrogen-bond donors (Lipinski definition) is 3. The second-order valence-corrected chi connectivity index (χ2v) is 9.15. The molecule has 0 bridgehead atoms. The smallest absolute Gasteiger partial charge is 0.251 e. The number of fused-ring (bicyclic) bond motifs is 1. The second-order valence-electron chi connectivity index (χ2n) is 9.15. The minimum absolute atomic E-state index is 0.0795. The van der Waals surface area contributed by atoms with Crippen LogP contribution in [0.15, 0.2) is 47.2 Å². The number of nitrogens with one attached hydrogen (secondary N) is 1. The number of nitrogens with zero attached hydrogens (tertiary/aromatic N) is 1. The molecule has 1 fully saturated rings. The van der Waals surface area contributed by atoms with Crippen LogP contribution in [0, 0.1) is 5.92 Å². The first kappa shape index (κ1) is 21.5. The predicted octanol–water partition coefficient (Wildman–Crippen LogP) is 4.61. The Labute approximate surface area is 182 Å². The molecule has 31 heavy (non-hydrogen) atoms. The second kappa shape index (κ2) is 8.44. The topological polar surface area (TPSA) is 95.6 Å². The van der Waals surface area contributed by atoms with E-state index in [9.17, 15) is 15.0 Å². The fraction of sp³-hybridized carbons (Fsp3) is 0.440. The standard InChI is InChI=1S/C25H30N2O4/c1-15(28)21-14-26-22(20-12-13-31-23(20)21)16-4-6-17(7-5-16)24(29)27-19-10-8-18(9-11-19)25(2,3)30/h4-7,12-15,18-19,28,30H,8-11H2,1-3H3,(H,27,29). The molecule has 6 heteroatoms. The average Bonchev–Trinajstić information content (AvgIpc) is 3.22. The Morgan fingerprint density at radius 3 is 2.45 bits per heavy atom. The van der Waals surface area contributed by atoms with Crippen LogP contribution < -0.4 is 5.32 Å². The van der Waals surface area contributed by atoms with Crippen molar-refractivity contribution in [3.05, 3.63) is 53.9 Å². The number of amides is 1. The first-order chi connectivity index (χ1) is 14.7. The van der Waals surface area contributed by atoms with Crippen LogP contribution >= 0.6 is 0 Å². The largest absolute Gasteiger partial charge is 0.464 e. The van der Waals surface area contributed by atoms with Gasteiger partial charge in [-0.3, -0.25) is 9.78 Å². The van der Waals surface area contributed by atoms with Crippen LogP contribution in [0.3, 0.4) is 0 Å². The number of hydrogen-bond acceptors (Lipinski definition) is 5. The number of pyridine rings is 1. The van der Waals surface area contributed by atoms with Gasteiger partial charge in [-0.05, 0) is 70.6 Å². The molecule has 6 nitrogen and oxygen atoms in total. The first-order valence-corrected chi connectivity index (χ1v) is 10.9. The van der Waals surface area contributed by atoms with Crippen molar-refractivity contribution in [3.63, 3.8) is 0 Å². The summed E-state index contributed by atoms with van der Waals surface area (Å²) in [5.74, 6) is 0.205. The number of carbonyl (C=O) groups is 1. The van der Waals surface area contributed by atoms with Crippen LogP contribution in [-0.2, 0) is 0 Å². The number of furan rings is 1. The van der Waals surface area contributed by atoms with Crippen molar-refractivity contribution in [1.29, 1.82) is 0 Å². The molecule has 1 saturated carbocycles. The molecule has 1 unspecified atom stereocenters. The van der Waals surface area contributed by atoms with Crippen molar-refractivity contribution in [2.45, 2.75) is 64.2 Å². The third-order valence-electron chi connectivity index (χ3n) is 6.45. The normalized spacial score (nSPS) is 20.5. The fourth-order valence-corrected chi connectivity index (χ4v) is 4.50. The van der Waals surface area contributed by atoms with E-state index in [-0.39, 0.29) is 17.9 Å². The highest BCUT2D eigenvalue weighted by molar-refractivity contribution is 5.96. The maximum Gasteiger partial charge on any atom is 0.251 e. The highest BCUT2D eigenvalue weighted by Crippen LogP contribution is 2.33. The summed E-state index contributed by atoms with van der Waals surface area (Å²) in [6.07, 6.45) is 6.17. The van der Waals surface area contributed by atoms with Crippen LogP contribution in [0.5, 0.6) is 0 Å². The maximum atomic E-state index is 12.7. The van der Waals surface area contributed by atoms with Crippen molar-refractivity contribution in [2.75, 3.05) is 0 Å². The van der Waals surface area contributed by atoms with Gasteiger partial charge in [-0.1, -0.05) is 12.1 Å². The summed E-state index contributed by atoms with van der Waals surface area (Å²) in [6, 6.07) is 9.38. The zero-order valence-electron chi connectivity index (χ0n) is 18.3. The molecule has 4 rings (SSSR count). The number of rotatable bonds is 5. The summed E-state index contributed by atoms with van der Waals surface area (Å²) in [5, 5.41) is 24.1. The van der Waals surface area contributed by atoms with Crippen molar-refractivity contribution >= 4 is 16.9 Å². The lowest BCUT2D eigenvalue weighted by molar-refractivity contribution is -0.00257. The summed E-state index contributed by atoms with van der Waals surface area (Å²) >= 11 is 0. The molecule has 1 atom stereocenters. The van der Waals surface area contributed by atoms with E-state index >= 15 is 0 Å². The zero-order chi connectivity index (χ0) is 22.2. The molecule has 1 aliphatic carbocycles. The third-order valence-corrected chi connectivity index (χ3v) is 6.45. The first-order valence-electron chi connectivity index (χ1n) is 10.9. The summed E-state index contributed by atoms with van der Waals surface area (Å²) in [6.45, 7) is 5.41. The van der Waals surface area contributed by atoms with E-state index in [0.717, 1.165) is 42.3 Å². The third kappa shape index (κ3) is 4.50. The van der Waals surface area contributed by atoms with Gasteiger partial charge < -0.3 is 19.9 Å². The highest BCUT2D eigenvalue weighted by Gasteiger charge is 2.31. The average molecular weight is 423 g/mol. The predicted molar refractivity (Wildman–Crippen MR) is 120 cm³/mol. The lowest BCUT2D eigenvalue weighted by Crippen LogP contribution is -2.41.